The quantitative estimate of drug-likeness (QED) is 0.331. The Morgan fingerprint density at radius 1 is 1.05 bits per heavy atom. The second-order valence-corrected chi connectivity index (χ2v) is 5.98. The topological polar surface area (TPSA) is 30.2 Å². The molecule has 0 spiro atoms. The summed E-state index contributed by atoms with van der Waals surface area (Å²) < 4.78 is 5.44. The first-order valence-electron chi connectivity index (χ1n) is 7.99. The lowest BCUT2D eigenvalue weighted by atomic mass is 10.1. The van der Waals surface area contributed by atoms with Crippen molar-refractivity contribution in [3.8, 4) is 0 Å². The number of rotatable bonds is 9. The van der Waals surface area contributed by atoms with Gasteiger partial charge in [-0.15, -0.1) is 0 Å². The van der Waals surface area contributed by atoms with Gasteiger partial charge in [-0.05, 0) is 70.6 Å². The molecular weight excluding hydrogens is 272 g/mol. The number of carbonyl (C=O) groups is 1. The van der Waals surface area contributed by atoms with Crippen LogP contribution in [0.25, 0.3) is 0 Å². The third-order valence-electron chi connectivity index (χ3n) is 3.83. The summed E-state index contributed by atoms with van der Waals surface area (Å²) in [4.78, 5) is 10.5. The first-order valence-corrected chi connectivity index (χ1v) is 7.99. The van der Waals surface area contributed by atoms with Crippen LogP contribution < -0.4 is 0 Å². The van der Waals surface area contributed by atoms with Crippen molar-refractivity contribution in [3.63, 3.8) is 0 Å². The molecule has 0 N–H and O–H groups in total. The van der Waals surface area contributed by atoms with Crippen LogP contribution in [-0.4, -0.2) is 6.29 Å². The van der Waals surface area contributed by atoms with E-state index in [0.717, 1.165) is 49.7 Å². The van der Waals surface area contributed by atoms with Crippen LogP contribution in [0.5, 0.6) is 0 Å². The van der Waals surface area contributed by atoms with Crippen LogP contribution in [0.4, 0.5) is 0 Å². The third kappa shape index (κ3) is 7.26. The molecule has 0 bridgehead atoms. The second-order valence-electron chi connectivity index (χ2n) is 5.98. The number of allylic oxidation sites excluding steroid dienone is 6. The van der Waals surface area contributed by atoms with Crippen LogP contribution in [0, 0.1) is 6.92 Å². The number of aryl methyl sites for hydroxylation is 1. The van der Waals surface area contributed by atoms with Gasteiger partial charge in [0.25, 0.3) is 0 Å². The normalized spacial score (nSPS) is 13.5. The molecule has 0 aliphatic rings. The van der Waals surface area contributed by atoms with E-state index >= 15 is 0 Å². The number of hydrogen-bond acceptors (Lipinski definition) is 2. The Morgan fingerprint density at radius 2 is 1.68 bits per heavy atom. The molecule has 0 unspecified atom stereocenters. The summed E-state index contributed by atoms with van der Waals surface area (Å²) in [6, 6.07) is 2.01. The van der Waals surface area contributed by atoms with E-state index < -0.39 is 0 Å². The smallest absolute Gasteiger partial charge is 0.145 e. The zero-order valence-corrected chi connectivity index (χ0v) is 14.3. The molecule has 1 heterocycles. The van der Waals surface area contributed by atoms with Gasteiger partial charge in [0.05, 0.1) is 6.26 Å². The minimum absolute atomic E-state index is 0.819. The minimum atomic E-state index is 0.819. The standard InChI is InChI=1S/C20H28O2/c1-16(8-6-10-18(3)15-21)7-5-9-17(2)11-12-20-19(4)13-14-22-20/h7,10-11,13-15H,5-6,8-9,12H2,1-4H3/b16-7+,17-11+,18-10+. The van der Waals surface area contributed by atoms with Gasteiger partial charge >= 0.3 is 0 Å². The van der Waals surface area contributed by atoms with Crippen molar-refractivity contribution in [1.29, 1.82) is 0 Å². The lowest BCUT2D eigenvalue weighted by Gasteiger charge is -2.01. The van der Waals surface area contributed by atoms with Crippen LogP contribution in [0.2, 0.25) is 0 Å². The molecule has 0 saturated heterocycles. The molecule has 1 aromatic heterocycles. The Kier molecular flexibility index (Phi) is 8.27. The monoisotopic (exact) mass is 300 g/mol. The van der Waals surface area contributed by atoms with E-state index in [1.165, 1.54) is 16.7 Å². The number of aldehydes is 1. The average Bonchev–Trinajstić information content (AvgIpc) is 2.90. The first-order chi connectivity index (χ1) is 10.5. The summed E-state index contributed by atoms with van der Waals surface area (Å²) in [6.45, 7) is 8.27. The molecule has 0 fully saturated rings. The Hall–Kier alpha value is -1.83. The summed E-state index contributed by atoms with van der Waals surface area (Å²) in [5.74, 6) is 1.06. The molecule has 120 valence electrons. The van der Waals surface area contributed by atoms with E-state index in [0.29, 0.717) is 0 Å². The van der Waals surface area contributed by atoms with Crippen molar-refractivity contribution in [2.75, 3.05) is 0 Å². The fourth-order valence-electron chi connectivity index (χ4n) is 2.21. The number of carbonyl (C=O) groups excluding carboxylic acids is 1. The van der Waals surface area contributed by atoms with Crippen LogP contribution in [0.1, 0.15) is 57.8 Å². The molecule has 0 aliphatic carbocycles. The lowest BCUT2D eigenvalue weighted by Crippen LogP contribution is -1.84. The highest BCUT2D eigenvalue weighted by atomic mass is 16.3. The third-order valence-corrected chi connectivity index (χ3v) is 3.83. The summed E-state index contributed by atoms with van der Waals surface area (Å²) >= 11 is 0. The fraction of sp³-hybridized carbons (Fsp3) is 0.450. The number of furan rings is 1. The maximum atomic E-state index is 10.5. The summed E-state index contributed by atoms with van der Waals surface area (Å²) in [5, 5.41) is 0. The van der Waals surface area contributed by atoms with Gasteiger partial charge in [-0.25, -0.2) is 0 Å². The second kappa shape index (κ2) is 9.99. The molecule has 0 amide bonds. The summed E-state index contributed by atoms with van der Waals surface area (Å²) in [5.41, 5.74) is 4.83. The molecule has 2 nitrogen and oxygen atoms in total. The molecule has 0 aromatic carbocycles. The maximum Gasteiger partial charge on any atom is 0.145 e. The van der Waals surface area contributed by atoms with Gasteiger partial charge in [0.1, 0.15) is 12.0 Å². The Morgan fingerprint density at radius 3 is 2.27 bits per heavy atom. The van der Waals surface area contributed by atoms with Gasteiger partial charge in [0.2, 0.25) is 0 Å². The van der Waals surface area contributed by atoms with Crippen molar-refractivity contribution in [1.82, 2.24) is 0 Å². The minimum Gasteiger partial charge on any atom is -0.469 e. The Bertz CT molecular complexity index is 556. The molecule has 2 heteroatoms. The van der Waals surface area contributed by atoms with Crippen LogP contribution in [0.3, 0.4) is 0 Å². The fourth-order valence-corrected chi connectivity index (χ4v) is 2.21. The Balaban J connectivity index is 2.31. The zero-order chi connectivity index (χ0) is 16.4. The highest BCUT2D eigenvalue weighted by Gasteiger charge is 1.99. The van der Waals surface area contributed by atoms with Gasteiger partial charge in [-0.3, -0.25) is 4.79 Å². The molecule has 0 saturated carbocycles. The molecule has 22 heavy (non-hydrogen) atoms. The average molecular weight is 300 g/mol. The van der Waals surface area contributed by atoms with E-state index in [1.54, 1.807) is 6.26 Å². The predicted octanol–water partition coefficient (Wildman–Crippen LogP) is 5.73. The van der Waals surface area contributed by atoms with Crippen LogP contribution in [0.15, 0.2) is 51.7 Å². The largest absolute Gasteiger partial charge is 0.469 e. The molecule has 0 radical (unpaired) electrons. The van der Waals surface area contributed by atoms with E-state index in [2.05, 4.69) is 32.9 Å². The molecular formula is C20H28O2. The van der Waals surface area contributed by atoms with Crippen molar-refractivity contribution in [3.05, 3.63) is 58.6 Å². The zero-order valence-electron chi connectivity index (χ0n) is 14.3. The van der Waals surface area contributed by atoms with E-state index in [9.17, 15) is 4.79 Å². The van der Waals surface area contributed by atoms with E-state index in [1.807, 2.05) is 19.1 Å². The van der Waals surface area contributed by atoms with Crippen LogP contribution in [-0.2, 0) is 11.2 Å². The van der Waals surface area contributed by atoms with Gasteiger partial charge < -0.3 is 4.42 Å². The van der Waals surface area contributed by atoms with Gasteiger partial charge in [-0.2, -0.15) is 0 Å². The van der Waals surface area contributed by atoms with Gasteiger partial charge in [-0.1, -0.05) is 29.4 Å². The van der Waals surface area contributed by atoms with Gasteiger partial charge in [0, 0.05) is 6.42 Å². The summed E-state index contributed by atoms with van der Waals surface area (Å²) in [7, 11) is 0. The molecule has 0 atom stereocenters. The van der Waals surface area contributed by atoms with Crippen molar-refractivity contribution in [2.24, 2.45) is 0 Å². The van der Waals surface area contributed by atoms with Crippen molar-refractivity contribution in [2.45, 2.75) is 59.8 Å². The SMILES string of the molecule is C/C(C=O)=C\CC/C(C)=C/CC/C(C)=C/Cc1occc1C. The van der Waals surface area contributed by atoms with Crippen molar-refractivity contribution < 1.29 is 9.21 Å². The Labute approximate surface area is 134 Å². The number of hydrogen-bond donors (Lipinski definition) is 0. The highest BCUT2D eigenvalue weighted by molar-refractivity contribution is 5.71. The van der Waals surface area contributed by atoms with Crippen LogP contribution >= 0.6 is 0 Å². The predicted molar refractivity (Wildman–Crippen MR) is 93.0 cm³/mol. The molecule has 1 rings (SSSR count). The van der Waals surface area contributed by atoms with Gasteiger partial charge in [0.15, 0.2) is 0 Å². The highest BCUT2D eigenvalue weighted by Crippen LogP contribution is 2.14. The summed E-state index contributed by atoms with van der Waals surface area (Å²) in [6.07, 6.45) is 14.2. The molecule has 1 aromatic rings. The van der Waals surface area contributed by atoms with E-state index in [-0.39, 0.29) is 0 Å². The first kappa shape index (κ1) is 18.2. The maximum absolute atomic E-state index is 10.5. The molecule has 0 aliphatic heterocycles. The lowest BCUT2D eigenvalue weighted by molar-refractivity contribution is -0.104. The van der Waals surface area contributed by atoms with Crippen molar-refractivity contribution >= 4 is 6.29 Å². The van der Waals surface area contributed by atoms with E-state index in [4.69, 9.17) is 4.42 Å².